The van der Waals surface area contributed by atoms with E-state index >= 15 is 0 Å². The molecule has 0 radical (unpaired) electrons. The lowest BCUT2D eigenvalue weighted by molar-refractivity contribution is 0.553. The molecule has 0 aromatic carbocycles. The SMILES string of the molecule is Cl.c1cc([C@H]2CCCN2)co1. The van der Waals surface area contributed by atoms with Gasteiger partial charge in [0, 0.05) is 11.6 Å². The van der Waals surface area contributed by atoms with Gasteiger partial charge in [0.05, 0.1) is 12.5 Å². The summed E-state index contributed by atoms with van der Waals surface area (Å²) < 4.78 is 4.99. The highest BCUT2D eigenvalue weighted by Crippen LogP contribution is 2.22. The van der Waals surface area contributed by atoms with Gasteiger partial charge in [0.25, 0.3) is 0 Å². The lowest BCUT2D eigenvalue weighted by atomic mass is 10.1. The van der Waals surface area contributed by atoms with Crippen molar-refractivity contribution < 1.29 is 4.42 Å². The first kappa shape index (κ1) is 8.62. The highest BCUT2D eigenvalue weighted by atomic mass is 35.5. The Hall–Kier alpha value is -0.470. The van der Waals surface area contributed by atoms with E-state index in [9.17, 15) is 0 Å². The van der Waals surface area contributed by atoms with E-state index in [4.69, 9.17) is 4.42 Å². The molecule has 0 amide bonds. The Morgan fingerprint density at radius 3 is 3.00 bits per heavy atom. The molecule has 1 aromatic rings. The minimum absolute atomic E-state index is 0. The Labute approximate surface area is 72.4 Å². The number of rotatable bonds is 1. The highest BCUT2D eigenvalue weighted by molar-refractivity contribution is 5.85. The second-order valence-electron chi connectivity index (χ2n) is 2.71. The first-order chi connectivity index (χ1) is 4.97. The van der Waals surface area contributed by atoms with Gasteiger partial charge in [0.1, 0.15) is 0 Å². The lowest BCUT2D eigenvalue weighted by Crippen LogP contribution is -2.11. The maximum atomic E-state index is 4.99. The van der Waals surface area contributed by atoms with Crippen molar-refractivity contribution in [1.82, 2.24) is 5.32 Å². The zero-order valence-electron chi connectivity index (χ0n) is 6.25. The van der Waals surface area contributed by atoms with Gasteiger partial charge >= 0.3 is 0 Å². The molecule has 1 aliphatic heterocycles. The smallest absolute Gasteiger partial charge is 0.0950 e. The molecule has 1 N–H and O–H groups in total. The molecule has 11 heavy (non-hydrogen) atoms. The van der Waals surface area contributed by atoms with E-state index in [1.54, 1.807) is 6.26 Å². The Bertz CT molecular complexity index is 192. The zero-order valence-corrected chi connectivity index (χ0v) is 7.06. The molecular weight excluding hydrogens is 162 g/mol. The van der Waals surface area contributed by atoms with Crippen LogP contribution >= 0.6 is 12.4 Å². The normalized spacial score (nSPS) is 23.1. The lowest BCUT2D eigenvalue weighted by Gasteiger charge is -2.04. The quantitative estimate of drug-likeness (QED) is 0.704. The molecule has 1 saturated heterocycles. The van der Waals surface area contributed by atoms with Crippen molar-refractivity contribution in [3.05, 3.63) is 24.2 Å². The number of nitrogens with one attached hydrogen (secondary N) is 1. The van der Waals surface area contributed by atoms with Gasteiger partial charge in [-0.25, -0.2) is 0 Å². The van der Waals surface area contributed by atoms with Crippen LogP contribution in [0.4, 0.5) is 0 Å². The average molecular weight is 174 g/mol. The summed E-state index contributed by atoms with van der Waals surface area (Å²) in [5, 5.41) is 3.40. The molecule has 0 bridgehead atoms. The van der Waals surface area contributed by atoms with Crippen molar-refractivity contribution >= 4 is 12.4 Å². The second kappa shape index (κ2) is 3.79. The third-order valence-electron chi connectivity index (χ3n) is 2.01. The molecule has 1 aliphatic rings. The van der Waals surface area contributed by atoms with Crippen molar-refractivity contribution in [3.8, 4) is 0 Å². The van der Waals surface area contributed by atoms with Crippen LogP contribution in [0, 0.1) is 0 Å². The van der Waals surface area contributed by atoms with Gasteiger partial charge in [-0.1, -0.05) is 0 Å². The summed E-state index contributed by atoms with van der Waals surface area (Å²) in [6, 6.07) is 2.59. The van der Waals surface area contributed by atoms with Crippen LogP contribution in [0.3, 0.4) is 0 Å². The van der Waals surface area contributed by atoms with Crippen LogP contribution in [0.5, 0.6) is 0 Å². The third-order valence-corrected chi connectivity index (χ3v) is 2.01. The summed E-state index contributed by atoms with van der Waals surface area (Å²) >= 11 is 0. The van der Waals surface area contributed by atoms with Crippen molar-refractivity contribution in [2.24, 2.45) is 0 Å². The van der Waals surface area contributed by atoms with Gasteiger partial charge in [-0.15, -0.1) is 12.4 Å². The van der Waals surface area contributed by atoms with Crippen LogP contribution in [-0.2, 0) is 0 Å². The largest absolute Gasteiger partial charge is 0.472 e. The molecule has 0 spiro atoms. The van der Waals surface area contributed by atoms with Crippen LogP contribution < -0.4 is 5.32 Å². The molecular formula is C8H12ClNO. The molecule has 2 nitrogen and oxygen atoms in total. The fraction of sp³-hybridized carbons (Fsp3) is 0.500. The standard InChI is InChI=1S/C8H11NO.ClH/c1-2-8(9-4-1)7-3-5-10-6-7;/h3,5-6,8-9H,1-2,4H2;1H/t8-;/m1./s1. The summed E-state index contributed by atoms with van der Waals surface area (Å²) in [5.41, 5.74) is 1.29. The van der Waals surface area contributed by atoms with E-state index in [1.165, 1.54) is 18.4 Å². The van der Waals surface area contributed by atoms with Gasteiger partial charge in [-0.2, -0.15) is 0 Å². The fourth-order valence-electron chi connectivity index (χ4n) is 1.44. The van der Waals surface area contributed by atoms with Gasteiger partial charge in [0.2, 0.25) is 0 Å². The molecule has 0 saturated carbocycles. The first-order valence-electron chi connectivity index (χ1n) is 3.72. The van der Waals surface area contributed by atoms with E-state index < -0.39 is 0 Å². The van der Waals surface area contributed by atoms with Gasteiger partial charge in [0.15, 0.2) is 0 Å². The summed E-state index contributed by atoms with van der Waals surface area (Å²) in [5.74, 6) is 0. The molecule has 2 rings (SSSR count). The monoisotopic (exact) mass is 173 g/mol. The number of halogens is 1. The molecule has 62 valence electrons. The summed E-state index contributed by atoms with van der Waals surface area (Å²) in [7, 11) is 0. The van der Waals surface area contributed by atoms with E-state index in [2.05, 4.69) is 5.32 Å². The fourth-order valence-corrected chi connectivity index (χ4v) is 1.44. The molecule has 0 unspecified atom stereocenters. The maximum Gasteiger partial charge on any atom is 0.0950 e. The second-order valence-corrected chi connectivity index (χ2v) is 2.71. The first-order valence-corrected chi connectivity index (χ1v) is 3.72. The summed E-state index contributed by atoms with van der Waals surface area (Å²) in [6.07, 6.45) is 6.09. The minimum Gasteiger partial charge on any atom is -0.472 e. The van der Waals surface area contributed by atoms with Crippen molar-refractivity contribution in [3.63, 3.8) is 0 Å². The Morgan fingerprint density at radius 2 is 2.45 bits per heavy atom. The molecule has 1 fully saturated rings. The van der Waals surface area contributed by atoms with E-state index in [1.807, 2.05) is 12.3 Å². The van der Waals surface area contributed by atoms with Crippen LogP contribution in [-0.4, -0.2) is 6.54 Å². The van der Waals surface area contributed by atoms with Crippen molar-refractivity contribution in [2.75, 3.05) is 6.54 Å². The third kappa shape index (κ3) is 1.76. The van der Waals surface area contributed by atoms with Crippen LogP contribution in [0.25, 0.3) is 0 Å². The number of hydrogen-bond acceptors (Lipinski definition) is 2. The highest BCUT2D eigenvalue weighted by Gasteiger charge is 2.16. The van der Waals surface area contributed by atoms with Crippen LogP contribution in [0.2, 0.25) is 0 Å². The molecule has 2 heterocycles. The molecule has 0 aliphatic carbocycles. The summed E-state index contributed by atoms with van der Waals surface area (Å²) in [6.45, 7) is 1.15. The predicted molar refractivity (Wildman–Crippen MR) is 45.9 cm³/mol. The molecule has 1 atom stereocenters. The van der Waals surface area contributed by atoms with Gasteiger partial charge in [-0.3, -0.25) is 0 Å². The number of furan rings is 1. The molecule has 1 aromatic heterocycles. The summed E-state index contributed by atoms with van der Waals surface area (Å²) in [4.78, 5) is 0. The van der Waals surface area contributed by atoms with Crippen LogP contribution in [0.15, 0.2) is 23.0 Å². The van der Waals surface area contributed by atoms with Crippen LogP contribution in [0.1, 0.15) is 24.4 Å². The van der Waals surface area contributed by atoms with E-state index in [-0.39, 0.29) is 12.4 Å². The Morgan fingerprint density at radius 1 is 1.55 bits per heavy atom. The average Bonchev–Trinajstić information content (AvgIpc) is 2.59. The maximum absolute atomic E-state index is 4.99. The minimum atomic E-state index is 0. The van der Waals surface area contributed by atoms with Gasteiger partial charge in [-0.05, 0) is 25.5 Å². The van der Waals surface area contributed by atoms with E-state index in [0.29, 0.717) is 6.04 Å². The number of hydrogen-bond donors (Lipinski definition) is 1. The molecule has 3 heteroatoms. The topological polar surface area (TPSA) is 25.2 Å². The zero-order chi connectivity index (χ0) is 6.81. The Balaban J connectivity index is 0.000000605. The van der Waals surface area contributed by atoms with Crippen molar-refractivity contribution in [2.45, 2.75) is 18.9 Å². The predicted octanol–water partition coefficient (Wildman–Crippen LogP) is 2.13. The Kier molecular flexibility index (Phi) is 2.97. The van der Waals surface area contributed by atoms with E-state index in [0.717, 1.165) is 6.54 Å². The van der Waals surface area contributed by atoms with Gasteiger partial charge < -0.3 is 9.73 Å². The van der Waals surface area contributed by atoms with Crippen molar-refractivity contribution in [1.29, 1.82) is 0 Å².